The van der Waals surface area contributed by atoms with Gasteiger partial charge in [-0.3, -0.25) is 18.6 Å². The summed E-state index contributed by atoms with van der Waals surface area (Å²) in [6, 6.07) is 0. The second-order valence-electron chi connectivity index (χ2n) is 30.1. The van der Waals surface area contributed by atoms with E-state index in [1.165, 1.54) is 417 Å². The monoisotopic (exact) mass is 1390 g/mol. The summed E-state index contributed by atoms with van der Waals surface area (Å²) in [4.78, 5) is 35.5. The van der Waals surface area contributed by atoms with Crippen molar-refractivity contribution in [2.24, 2.45) is 5.73 Å². The quantitative estimate of drug-likeness (QED) is 0.0264. The van der Waals surface area contributed by atoms with Crippen LogP contribution in [0.1, 0.15) is 489 Å². The second-order valence-corrected chi connectivity index (χ2v) is 31.6. The summed E-state index contributed by atoms with van der Waals surface area (Å²) >= 11 is 0. The van der Waals surface area contributed by atoms with Gasteiger partial charge in [-0.1, -0.05) is 456 Å². The zero-order chi connectivity index (χ0) is 70.0. The molecule has 10 heteroatoms. The van der Waals surface area contributed by atoms with Crippen LogP contribution in [0.25, 0.3) is 0 Å². The number of hydrogen-bond donors (Lipinski definition) is 2. The van der Waals surface area contributed by atoms with Crippen LogP contribution in [0.4, 0.5) is 0 Å². The van der Waals surface area contributed by atoms with Crippen LogP contribution in [-0.2, 0) is 32.7 Å². The Balaban J connectivity index is 3.69. The van der Waals surface area contributed by atoms with Crippen molar-refractivity contribution in [2.75, 3.05) is 26.4 Å². The Morgan fingerprint density at radius 2 is 0.536 bits per heavy atom. The largest absolute Gasteiger partial charge is 0.472 e. The molecule has 0 fully saturated rings. The molecule has 0 heterocycles. The number of rotatable bonds is 85. The molecule has 0 bridgehead atoms. The van der Waals surface area contributed by atoms with Gasteiger partial charge in [0.15, 0.2) is 6.10 Å². The molecule has 2 unspecified atom stereocenters. The summed E-state index contributed by atoms with van der Waals surface area (Å²) in [5.74, 6) is -0.796. The van der Waals surface area contributed by atoms with E-state index in [2.05, 4.69) is 38.2 Å². The number of unbranched alkanes of at least 4 members (excludes halogenated alkanes) is 68. The molecule has 0 rings (SSSR count). The molecule has 0 aliphatic heterocycles. The molecular formula is C87H170NO8P. The molecule has 2 atom stereocenters. The molecule has 0 radical (unpaired) electrons. The molecule has 97 heavy (non-hydrogen) atoms. The molecule has 0 aliphatic rings. The highest BCUT2D eigenvalue weighted by atomic mass is 31.2. The SMILES string of the molecule is CCCCCCC/C=C\C/C=C\CCCCCCCCCCCCCCCCCCCCCCCCCCCC(=O)OC(COC(=O)CCCCCCCCCCCCCCCCCCCCCCCCCCCCCCCCCCCCCCCCC)COP(=O)(O)OCCN. The lowest BCUT2D eigenvalue weighted by molar-refractivity contribution is -0.161. The molecule has 0 aromatic heterocycles. The molecule has 9 nitrogen and oxygen atoms in total. The number of nitrogens with two attached hydrogens (primary N) is 1. The molecule has 0 spiro atoms. The van der Waals surface area contributed by atoms with Crippen molar-refractivity contribution in [3.05, 3.63) is 24.3 Å². The Kier molecular flexibility index (Phi) is 82.1. The predicted octanol–water partition coefficient (Wildman–Crippen LogP) is 29.6. The van der Waals surface area contributed by atoms with Crippen molar-refractivity contribution in [2.45, 2.75) is 495 Å². The summed E-state index contributed by atoms with van der Waals surface area (Å²) in [5, 5.41) is 0. The Morgan fingerprint density at radius 1 is 0.309 bits per heavy atom. The standard InChI is InChI=1S/C87H170NO8P/c1-3-5-7-9-11-13-15-17-19-21-23-25-27-29-31-33-35-37-39-41-42-44-45-47-49-51-53-55-57-59-61-63-65-67-69-71-73-75-77-79-86(89)93-83-85(84-95-97(91,92)94-82-81-88)96-87(90)80-78-76-74-72-70-68-66-64-62-60-58-56-54-52-50-48-46-43-40-38-36-34-32-30-28-26-24-22-20-18-16-14-12-10-8-6-4-2/h16,18,22,24,85H,3-15,17,19-21,23,25-84,88H2,1-2H3,(H,91,92)/b18-16-,24-22-. The van der Waals surface area contributed by atoms with Gasteiger partial charge in [0.05, 0.1) is 13.2 Å². The van der Waals surface area contributed by atoms with E-state index in [0.29, 0.717) is 6.42 Å². The van der Waals surface area contributed by atoms with Crippen molar-refractivity contribution < 1.29 is 37.6 Å². The number of hydrogen-bond acceptors (Lipinski definition) is 8. The first-order chi connectivity index (χ1) is 47.8. The molecule has 0 aromatic carbocycles. The maximum absolute atomic E-state index is 12.8. The third-order valence-corrected chi connectivity index (χ3v) is 21.3. The summed E-state index contributed by atoms with van der Waals surface area (Å²) < 4.78 is 33.3. The molecular weight excluding hydrogens is 1220 g/mol. The van der Waals surface area contributed by atoms with E-state index < -0.39 is 26.5 Å². The molecule has 0 amide bonds. The van der Waals surface area contributed by atoms with Gasteiger partial charge < -0.3 is 20.1 Å². The van der Waals surface area contributed by atoms with Gasteiger partial charge in [0, 0.05) is 19.4 Å². The average Bonchev–Trinajstić information content (AvgIpc) is 2.17. The number of phosphoric ester groups is 1. The van der Waals surface area contributed by atoms with Crippen LogP contribution in [0.3, 0.4) is 0 Å². The van der Waals surface area contributed by atoms with Gasteiger partial charge in [-0.15, -0.1) is 0 Å². The van der Waals surface area contributed by atoms with Crippen LogP contribution >= 0.6 is 7.82 Å². The van der Waals surface area contributed by atoms with E-state index in [1.807, 2.05) is 0 Å². The zero-order valence-electron chi connectivity index (χ0n) is 65.4. The number of carbonyl (C=O) groups is 2. The summed E-state index contributed by atoms with van der Waals surface area (Å²) in [6.45, 7) is 3.84. The third-order valence-electron chi connectivity index (χ3n) is 20.3. The first-order valence-electron chi connectivity index (χ1n) is 43.8. The van der Waals surface area contributed by atoms with Gasteiger partial charge >= 0.3 is 19.8 Å². The van der Waals surface area contributed by atoms with Crippen LogP contribution < -0.4 is 5.73 Å². The lowest BCUT2D eigenvalue weighted by atomic mass is 10.0. The van der Waals surface area contributed by atoms with Gasteiger partial charge in [0.1, 0.15) is 6.61 Å². The number of carbonyl (C=O) groups excluding carboxylic acids is 2. The minimum absolute atomic E-state index is 0.0577. The molecule has 3 N–H and O–H groups in total. The van der Waals surface area contributed by atoms with Crippen molar-refractivity contribution in [1.82, 2.24) is 0 Å². The van der Waals surface area contributed by atoms with Crippen LogP contribution in [0.15, 0.2) is 24.3 Å². The molecule has 0 aromatic rings. The van der Waals surface area contributed by atoms with Crippen molar-refractivity contribution in [3.8, 4) is 0 Å². The highest BCUT2D eigenvalue weighted by Gasteiger charge is 2.26. The van der Waals surface area contributed by atoms with Gasteiger partial charge in [0.25, 0.3) is 0 Å². The third kappa shape index (κ3) is 83.3. The van der Waals surface area contributed by atoms with Gasteiger partial charge in [-0.05, 0) is 44.9 Å². The van der Waals surface area contributed by atoms with E-state index in [9.17, 15) is 19.0 Å². The van der Waals surface area contributed by atoms with E-state index in [1.54, 1.807) is 0 Å². The smallest absolute Gasteiger partial charge is 0.462 e. The van der Waals surface area contributed by atoms with Gasteiger partial charge in [0.2, 0.25) is 0 Å². The summed E-state index contributed by atoms with van der Waals surface area (Å²) in [5.41, 5.74) is 5.42. The topological polar surface area (TPSA) is 134 Å². The first kappa shape index (κ1) is 95.5. The normalized spacial score (nSPS) is 12.8. The lowest BCUT2D eigenvalue weighted by Crippen LogP contribution is -2.29. The van der Waals surface area contributed by atoms with E-state index in [0.717, 1.165) is 38.5 Å². The summed E-state index contributed by atoms with van der Waals surface area (Å²) in [7, 11) is -4.39. The Labute approximate surface area is 605 Å². The maximum atomic E-state index is 12.8. The fraction of sp³-hybridized carbons (Fsp3) is 0.931. The fourth-order valence-corrected chi connectivity index (χ4v) is 14.6. The fourth-order valence-electron chi connectivity index (χ4n) is 13.9. The lowest BCUT2D eigenvalue weighted by Gasteiger charge is -2.19. The highest BCUT2D eigenvalue weighted by molar-refractivity contribution is 7.47. The number of ether oxygens (including phenoxy) is 2. The zero-order valence-corrected chi connectivity index (χ0v) is 66.3. The van der Waals surface area contributed by atoms with Crippen LogP contribution in [-0.4, -0.2) is 49.3 Å². The Morgan fingerprint density at radius 3 is 0.784 bits per heavy atom. The van der Waals surface area contributed by atoms with E-state index in [4.69, 9.17) is 24.3 Å². The second kappa shape index (κ2) is 83.4. The Bertz CT molecular complexity index is 1640. The van der Waals surface area contributed by atoms with Crippen molar-refractivity contribution in [1.29, 1.82) is 0 Å². The molecule has 576 valence electrons. The van der Waals surface area contributed by atoms with Gasteiger partial charge in [-0.25, -0.2) is 4.57 Å². The molecule has 0 aliphatic carbocycles. The highest BCUT2D eigenvalue weighted by Crippen LogP contribution is 2.43. The van der Waals surface area contributed by atoms with Crippen LogP contribution in [0, 0.1) is 0 Å². The van der Waals surface area contributed by atoms with E-state index >= 15 is 0 Å². The van der Waals surface area contributed by atoms with Crippen molar-refractivity contribution in [3.63, 3.8) is 0 Å². The maximum Gasteiger partial charge on any atom is 0.472 e. The number of phosphoric acid groups is 1. The number of esters is 2. The van der Waals surface area contributed by atoms with Crippen molar-refractivity contribution >= 4 is 19.8 Å². The average molecular weight is 1390 g/mol. The number of allylic oxidation sites excluding steroid dienone is 4. The minimum Gasteiger partial charge on any atom is -0.462 e. The Hall–Kier alpha value is -1.51. The molecule has 0 saturated carbocycles. The van der Waals surface area contributed by atoms with Crippen LogP contribution in [0.5, 0.6) is 0 Å². The molecule has 0 saturated heterocycles. The predicted molar refractivity (Wildman–Crippen MR) is 423 cm³/mol. The minimum atomic E-state index is -4.39. The van der Waals surface area contributed by atoms with Crippen LogP contribution in [0.2, 0.25) is 0 Å². The van der Waals surface area contributed by atoms with Gasteiger partial charge in [-0.2, -0.15) is 0 Å². The summed E-state index contributed by atoms with van der Waals surface area (Å²) in [6.07, 6.45) is 107. The van der Waals surface area contributed by atoms with E-state index in [-0.39, 0.29) is 38.6 Å². The first-order valence-corrected chi connectivity index (χ1v) is 45.3.